The van der Waals surface area contributed by atoms with Crippen LogP contribution in [0, 0.1) is 17.2 Å². The Labute approximate surface area is 83.4 Å². The molecule has 0 bridgehead atoms. The molecule has 2 N–H and O–H groups in total. The summed E-state index contributed by atoms with van der Waals surface area (Å²) in [4.78, 5) is 13.3. The van der Waals surface area contributed by atoms with Crippen LogP contribution in [0.5, 0.6) is 0 Å². The molecule has 0 radical (unpaired) electrons. The van der Waals surface area contributed by atoms with Crippen molar-refractivity contribution in [2.45, 2.75) is 12.5 Å². The summed E-state index contributed by atoms with van der Waals surface area (Å²) in [6.45, 7) is 1.30. The first kappa shape index (κ1) is 11.0. The number of nitriles is 1. The largest absolute Gasteiger partial charge is 0.379 e. The van der Waals surface area contributed by atoms with Crippen molar-refractivity contribution >= 4 is 5.91 Å². The zero-order valence-corrected chi connectivity index (χ0v) is 8.27. The third kappa shape index (κ3) is 2.44. The van der Waals surface area contributed by atoms with Crippen LogP contribution >= 0.6 is 0 Å². The molecular weight excluding hydrogens is 182 g/mol. The highest BCUT2D eigenvalue weighted by atomic mass is 16.5. The molecule has 1 aliphatic heterocycles. The molecule has 1 saturated heterocycles. The van der Waals surface area contributed by atoms with E-state index in [9.17, 15) is 4.79 Å². The number of amides is 1. The molecule has 1 amide bonds. The Hall–Kier alpha value is -1.12. The molecule has 2 unspecified atom stereocenters. The first-order valence-corrected chi connectivity index (χ1v) is 4.62. The average molecular weight is 197 g/mol. The van der Waals surface area contributed by atoms with Crippen LogP contribution in [0.1, 0.15) is 6.42 Å². The molecule has 5 heteroatoms. The van der Waals surface area contributed by atoms with Crippen molar-refractivity contribution in [3.63, 3.8) is 0 Å². The fourth-order valence-corrected chi connectivity index (χ4v) is 1.44. The highest BCUT2D eigenvalue weighted by molar-refractivity contribution is 5.79. The van der Waals surface area contributed by atoms with Crippen molar-refractivity contribution in [1.29, 1.82) is 5.26 Å². The zero-order chi connectivity index (χ0) is 10.6. The molecule has 0 aromatic heterocycles. The third-order valence-corrected chi connectivity index (χ3v) is 2.38. The first-order valence-electron chi connectivity index (χ1n) is 4.62. The van der Waals surface area contributed by atoms with Crippen LogP contribution < -0.4 is 5.73 Å². The van der Waals surface area contributed by atoms with Crippen LogP contribution in [0.25, 0.3) is 0 Å². The van der Waals surface area contributed by atoms with E-state index < -0.39 is 0 Å². The lowest BCUT2D eigenvalue weighted by atomic mass is 10.0. The lowest BCUT2D eigenvalue weighted by molar-refractivity contribution is -0.134. The van der Waals surface area contributed by atoms with E-state index in [4.69, 9.17) is 15.7 Å². The van der Waals surface area contributed by atoms with Gasteiger partial charge < -0.3 is 15.4 Å². The minimum Gasteiger partial charge on any atom is -0.379 e. The van der Waals surface area contributed by atoms with Crippen LogP contribution in [0.3, 0.4) is 0 Å². The van der Waals surface area contributed by atoms with Gasteiger partial charge in [0, 0.05) is 19.6 Å². The van der Waals surface area contributed by atoms with Crippen molar-refractivity contribution in [3.05, 3.63) is 0 Å². The number of hydrogen-bond donors (Lipinski definition) is 1. The number of nitrogens with zero attached hydrogens (tertiary/aromatic N) is 2. The highest BCUT2D eigenvalue weighted by Crippen LogP contribution is 2.14. The van der Waals surface area contributed by atoms with Gasteiger partial charge in [-0.2, -0.15) is 5.26 Å². The van der Waals surface area contributed by atoms with Crippen LogP contribution in [-0.4, -0.2) is 43.7 Å². The number of carbonyl (C=O) groups is 1. The van der Waals surface area contributed by atoms with Crippen molar-refractivity contribution in [1.82, 2.24) is 4.90 Å². The lowest BCUT2D eigenvalue weighted by Crippen LogP contribution is -2.42. The number of nitrogens with two attached hydrogens (primary N) is 1. The second kappa shape index (κ2) is 4.94. The van der Waals surface area contributed by atoms with Crippen molar-refractivity contribution in [2.24, 2.45) is 11.7 Å². The maximum Gasteiger partial charge on any atom is 0.229 e. The normalized spacial score (nSPS) is 25.8. The topological polar surface area (TPSA) is 79.3 Å². The van der Waals surface area contributed by atoms with Crippen LogP contribution in [0.15, 0.2) is 0 Å². The first-order chi connectivity index (χ1) is 6.66. The standard InChI is InChI=1S/C9H15N3O2/c1-12(4-2-3-10)9(13)7-5-14-6-8(7)11/h7-8H,2,4-6,11H2,1H3. The number of ether oxygens (including phenoxy) is 1. The predicted molar refractivity (Wildman–Crippen MR) is 50.2 cm³/mol. The fourth-order valence-electron chi connectivity index (χ4n) is 1.44. The van der Waals surface area contributed by atoms with Crippen LogP contribution in [-0.2, 0) is 9.53 Å². The van der Waals surface area contributed by atoms with Gasteiger partial charge in [-0.3, -0.25) is 4.79 Å². The number of hydrogen-bond acceptors (Lipinski definition) is 4. The number of rotatable bonds is 3. The zero-order valence-electron chi connectivity index (χ0n) is 8.27. The molecule has 0 aliphatic carbocycles. The van der Waals surface area contributed by atoms with Gasteiger partial charge in [-0.1, -0.05) is 0 Å². The smallest absolute Gasteiger partial charge is 0.229 e. The fraction of sp³-hybridized carbons (Fsp3) is 0.778. The lowest BCUT2D eigenvalue weighted by Gasteiger charge is -2.21. The molecule has 0 aromatic carbocycles. The summed E-state index contributed by atoms with van der Waals surface area (Å²) in [6, 6.07) is 1.80. The van der Waals surface area contributed by atoms with E-state index in [-0.39, 0.29) is 17.9 Å². The van der Waals surface area contributed by atoms with Crippen molar-refractivity contribution in [2.75, 3.05) is 26.8 Å². The van der Waals surface area contributed by atoms with Gasteiger partial charge >= 0.3 is 0 Å². The van der Waals surface area contributed by atoms with Gasteiger partial charge in [0.15, 0.2) is 0 Å². The van der Waals surface area contributed by atoms with Gasteiger partial charge in [-0.15, -0.1) is 0 Å². The SMILES string of the molecule is CN(CCC#N)C(=O)C1COCC1N. The quantitative estimate of drug-likeness (QED) is 0.651. The molecule has 78 valence electrons. The summed E-state index contributed by atoms with van der Waals surface area (Å²) in [7, 11) is 1.69. The second-order valence-corrected chi connectivity index (χ2v) is 3.48. The minimum absolute atomic E-state index is 0.0229. The Morgan fingerprint density at radius 1 is 1.71 bits per heavy atom. The molecule has 0 aromatic rings. The third-order valence-electron chi connectivity index (χ3n) is 2.38. The van der Waals surface area contributed by atoms with E-state index in [2.05, 4.69) is 0 Å². The Morgan fingerprint density at radius 3 is 2.93 bits per heavy atom. The van der Waals surface area contributed by atoms with Gasteiger partial charge in [0.05, 0.1) is 31.6 Å². The van der Waals surface area contributed by atoms with E-state index in [1.807, 2.05) is 6.07 Å². The molecule has 14 heavy (non-hydrogen) atoms. The molecule has 1 aliphatic rings. The predicted octanol–water partition coefficient (Wildman–Crippen LogP) is -0.668. The Morgan fingerprint density at radius 2 is 2.43 bits per heavy atom. The molecule has 1 rings (SSSR count). The summed E-state index contributed by atoms with van der Waals surface area (Å²) < 4.78 is 5.11. The Balaban J connectivity index is 2.44. The monoisotopic (exact) mass is 197 g/mol. The summed E-state index contributed by atoms with van der Waals surface area (Å²) in [5.41, 5.74) is 5.71. The molecule has 1 fully saturated rings. The highest BCUT2D eigenvalue weighted by Gasteiger charge is 2.32. The van der Waals surface area contributed by atoms with E-state index in [0.717, 1.165) is 0 Å². The van der Waals surface area contributed by atoms with Crippen molar-refractivity contribution in [3.8, 4) is 6.07 Å². The van der Waals surface area contributed by atoms with Crippen molar-refractivity contribution < 1.29 is 9.53 Å². The van der Waals surface area contributed by atoms with Gasteiger partial charge in [-0.05, 0) is 0 Å². The second-order valence-electron chi connectivity index (χ2n) is 3.48. The Bertz CT molecular complexity index is 249. The average Bonchev–Trinajstić information content (AvgIpc) is 2.59. The summed E-state index contributed by atoms with van der Waals surface area (Å²) in [6.07, 6.45) is 0.352. The van der Waals surface area contributed by atoms with E-state index in [1.54, 1.807) is 11.9 Å². The molecule has 1 heterocycles. The van der Waals surface area contributed by atoms with Gasteiger partial charge in [0.2, 0.25) is 5.91 Å². The number of carbonyl (C=O) groups excluding carboxylic acids is 1. The van der Waals surface area contributed by atoms with Gasteiger partial charge in [-0.25, -0.2) is 0 Å². The maximum absolute atomic E-state index is 11.7. The molecule has 0 saturated carbocycles. The van der Waals surface area contributed by atoms with Gasteiger partial charge in [0.25, 0.3) is 0 Å². The summed E-state index contributed by atoms with van der Waals surface area (Å²) in [5, 5.41) is 8.38. The molecular formula is C9H15N3O2. The van der Waals surface area contributed by atoms with E-state index in [1.165, 1.54) is 0 Å². The van der Waals surface area contributed by atoms with E-state index in [0.29, 0.717) is 26.2 Å². The maximum atomic E-state index is 11.7. The molecule has 5 nitrogen and oxygen atoms in total. The summed E-state index contributed by atoms with van der Waals surface area (Å²) in [5.74, 6) is -0.260. The van der Waals surface area contributed by atoms with Crippen LogP contribution in [0.4, 0.5) is 0 Å². The van der Waals surface area contributed by atoms with Gasteiger partial charge in [0.1, 0.15) is 0 Å². The van der Waals surface area contributed by atoms with E-state index >= 15 is 0 Å². The van der Waals surface area contributed by atoms with Crippen LogP contribution in [0.2, 0.25) is 0 Å². The Kier molecular flexibility index (Phi) is 3.86. The molecule has 2 atom stereocenters. The molecule has 0 spiro atoms. The minimum atomic E-state index is -0.237. The summed E-state index contributed by atoms with van der Waals surface area (Å²) >= 11 is 0.